The molecule has 2 saturated heterocycles. The van der Waals surface area contributed by atoms with Crippen LogP contribution in [0.15, 0.2) is 9.72 Å². The Morgan fingerprint density at radius 2 is 2.15 bits per heavy atom. The highest BCUT2D eigenvalue weighted by molar-refractivity contribution is 8.01. The Balaban J connectivity index is 1.47. The molecule has 0 bridgehead atoms. The lowest BCUT2D eigenvalue weighted by Crippen LogP contribution is -2.47. The topological polar surface area (TPSA) is 77.0 Å². The first kappa shape index (κ1) is 20.6. The number of hydrogen-bond acceptors (Lipinski definition) is 7. The van der Waals surface area contributed by atoms with Crippen molar-refractivity contribution in [2.45, 2.75) is 42.1 Å². The lowest BCUT2D eigenvalue weighted by molar-refractivity contribution is -0.128. The van der Waals surface area contributed by atoms with E-state index in [1.165, 1.54) is 35.9 Å². The SMILES string of the molecule is CN1CCC(N(C)C[C@H]2CCC(=O)N2CCSc2nc(C(=O)O)cs2)CC1. The molecule has 7 nitrogen and oxygen atoms in total. The number of carboxylic acid groups (broad SMARTS) is 1. The number of likely N-dealkylation sites (tertiary alicyclic amines) is 2. The summed E-state index contributed by atoms with van der Waals surface area (Å²) in [6.07, 6.45) is 3.96. The van der Waals surface area contributed by atoms with Crippen molar-refractivity contribution in [3.8, 4) is 0 Å². The van der Waals surface area contributed by atoms with Gasteiger partial charge in [-0.2, -0.15) is 0 Å². The Morgan fingerprint density at radius 1 is 1.41 bits per heavy atom. The van der Waals surface area contributed by atoms with E-state index >= 15 is 0 Å². The van der Waals surface area contributed by atoms with E-state index in [-0.39, 0.29) is 17.6 Å². The summed E-state index contributed by atoms with van der Waals surface area (Å²) >= 11 is 2.87. The normalized spacial score (nSPS) is 22.1. The number of rotatable bonds is 8. The highest BCUT2D eigenvalue weighted by atomic mass is 32.2. The van der Waals surface area contributed by atoms with E-state index in [0.717, 1.165) is 36.1 Å². The molecular formula is C18H28N4O3S2. The number of thiazole rings is 1. The number of carbonyl (C=O) groups excluding carboxylic acids is 1. The Labute approximate surface area is 168 Å². The Kier molecular flexibility index (Phi) is 7.13. The monoisotopic (exact) mass is 412 g/mol. The molecule has 1 atom stereocenters. The van der Waals surface area contributed by atoms with Gasteiger partial charge in [-0.1, -0.05) is 11.8 Å². The maximum absolute atomic E-state index is 12.3. The fourth-order valence-corrected chi connectivity index (χ4v) is 5.67. The predicted molar refractivity (Wildman–Crippen MR) is 108 cm³/mol. The highest BCUT2D eigenvalue weighted by Gasteiger charge is 2.33. The van der Waals surface area contributed by atoms with E-state index in [4.69, 9.17) is 5.11 Å². The molecule has 2 fully saturated rings. The van der Waals surface area contributed by atoms with Gasteiger partial charge in [-0.25, -0.2) is 9.78 Å². The number of amides is 1. The quantitative estimate of drug-likeness (QED) is 0.654. The molecule has 2 aliphatic heterocycles. The van der Waals surface area contributed by atoms with Crippen molar-refractivity contribution in [1.29, 1.82) is 0 Å². The molecule has 1 aromatic rings. The third-order valence-corrected chi connectivity index (χ3v) is 7.52. The predicted octanol–water partition coefficient (Wildman–Crippen LogP) is 1.95. The number of carbonyl (C=O) groups is 2. The van der Waals surface area contributed by atoms with Crippen molar-refractivity contribution < 1.29 is 14.7 Å². The number of piperidine rings is 1. The molecule has 0 unspecified atom stereocenters. The second-order valence-electron chi connectivity index (χ2n) is 7.41. The Morgan fingerprint density at radius 3 is 2.81 bits per heavy atom. The molecule has 0 saturated carbocycles. The van der Waals surface area contributed by atoms with Gasteiger partial charge in [-0.3, -0.25) is 4.79 Å². The molecule has 0 aliphatic carbocycles. The molecule has 27 heavy (non-hydrogen) atoms. The number of likely N-dealkylation sites (N-methyl/N-ethyl adjacent to an activating group) is 1. The number of nitrogens with zero attached hydrogens (tertiary/aromatic N) is 4. The summed E-state index contributed by atoms with van der Waals surface area (Å²) in [7, 11) is 4.36. The minimum Gasteiger partial charge on any atom is -0.476 e. The summed E-state index contributed by atoms with van der Waals surface area (Å²) in [6.45, 7) is 3.92. The van der Waals surface area contributed by atoms with Gasteiger partial charge in [0, 0.05) is 42.7 Å². The first-order valence-electron chi connectivity index (χ1n) is 9.44. The fraction of sp³-hybridized carbons (Fsp3) is 0.722. The molecule has 0 spiro atoms. The van der Waals surface area contributed by atoms with Crippen molar-refractivity contribution in [1.82, 2.24) is 19.7 Å². The molecule has 1 aromatic heterocycles. The summed E-state index contributed by atoms with van der Waals surface area (Å²) in [4.78, 5) is 34.2. The largest absolute Gasteiger partial charge is 0.476 e. The van der Waals surface area contributed by atoms with E-state index < -0.39 is 5.97 Å². The lowest BCUT2D eigenvalue weighted by Gasteiger charge is -2.37. The van der Waals surface area contributed by atoms with Crippen LogP contribution in [0.4, 0.5) is 0 Å². The van der Waals surface area contributed by atoms with Gasteiger partial charge in [0.2, 0.25) is 5.91 Å². The number of aromatic carboxylic acids is 1. The minimum absolute atomic E-state index is 0.0948. The molecule has 150 valence electrons. The van der Waals surface area contributed by atoms with E-state index in [9.17, 15) is 9.59 Å². The van der Waals surface area contributed by atoms with Crippen LogP contribution in [0.3, 0.4) is 0 Å². The number of carboxylic acids is 1. The van der Waals surface area contributed by atoms with Crippen LogP contribution in [0.5, 0.6) is 0 Å². The Bertz CT molecular complexity index is 661. The minimum atomic E-state index is -0.996. The zero-order valence-corrected chi connectivity index (χ0v) is 17.6. The van der Waals surface area contributed by atoms with Crippen LogP contribution >= 0.6 is 23.1 Å². The summed E-state index contributed by atoms with van der Waals surface area (Å²) < 4.78 is 0.749. The Hall–Kier alpha value is -1.16. The van der Waals surface area contributed by atoms with Crippen molar-refractivity contribution in [2.24, 2.45) is 0 Å². The molecular weight excluding hydrogens is 384 g/mol. The van der Waals surface area contributed by atoms with Gasteiger partial charge in [-0.15, -0.1) is 11.3 Å². The summed E-state index contributed by atoms with van der Waals surface area (Å²) in [5.41, 5.74) is 0.0948. The van der Waals surface area contributed by atoms with Crippen LogP contribution in [-0.2, 0) is 4.79 Å². The van der Waals surface area contributed by atoms with Crippen molar-refractivity contribution in [2.75, 3.05) is 46.0 Å². The smallest absolute Gasteiger partial charge is 0.355 e. The van der Waals surface area contributed by atoms with Crippen LogP contribution in [0.1, 0.15) is 36.2 Å². The third kappa shape index (κ3) is 5.43. The average molecular weight is 413 g/mol. The molecule has 0 aromatic carbocycles. The van der Waals surface area contributed by atoms with Crippen LogP contribution in [0.25, 0.3) is 0 Å². The van der Waals surface area contributed by atoms with E-state index in [1.807, 2.05) is 4.90 Å². The molecule has 3 heterocycles. The summed E-state index contributed by atoms with van der Waals surface area (Å²) in [6, 6.07) is 0.895. The lowest BCUT2D eigenvalue weighted by atomic mass is 10.0. The highest BCUT2D eigenvalue weighted by Crippen LogP contribution is 2.26. The van der Waals surface area contributed by atoms with Gasteiger partial charge in [0.25, 0.3) is 0 Å². The van der Waals surface area contributed by atoms with Crippen molar-refractivity contribution >= 4 is 35.0 Å². The fourth-order valence-electron chi connectivity index (χ4n) is 3.86. The van der Waals surface area contributed by atoms with E-state index in [0.29, 0.717) is 19.0 Å². The molecule has 2 aliphatic rings. The van der Waals surface area contributed by atoms with Crippen LogP contribution in [0.2, 0.25) is 0 Å². The average Bonchev–Trinajstić information content (AvgIpc) is 3.24. The van der Waals surface area contributed by atoms with E-state index in [1.54, 1.807) is 5.38 Å². The van der Waals surface area contributed by atoms with Gasteiger partial charge >= 0.3 is 5.97 Å². The molecule has 0 radical (unpaired) electrons. The summed E-state index contributed by atoms with van der Waals surface area (Å²) in [5, 5.41) is 10.5. The maximum atomic E-state index is 12.3. The van der Waals surface area contributed by atoms with Crippen molar-refractivity contribution in [3.63, 3.8) is 0 Å². The van der Waals surface area contributed by atoms with Gasteiger partial charge < -0.3 is 19.8 Å². The van der Waals surface area contributed by atoms with Crippen molar-refractivity contribution in [3.05, 3.63) is 11.1 Å². The van der Waals surface area contributed by atoms with Crippen LogP contribution in [0, 0.1) is 0 Å². The number of thioether (sulfide) groups is 1. The second kappa shape index (κ2) is 9.36. The zero-order valence-electron chi connectivity index (χ0n) is 16.0. The second-order valence-corrected chi connectivity index (χ2v) is 9.61. The third-order valence-electron chi connectivity index (χ3n) is 5.52. The van der Waals surface area contributed by atoms with Crippen LogP contribution < -0.4 is 0 Å². The first-order valence-corrected chi connectivity index (χ1v) is 11.3. The summed E-state index contributed by atoms with van der Waals surface area (Å²) in [5.74, 6) is -0.0141. The molecule has 9 heteroatoms. The number of hydrogen-bond donors (Lipinski definition) is 1. The maximum Gasteiger partial charge on any atom is 0.355 e. The molecule has 1 N–H and O–H groups in total. The molecule has 3 rings (SSSR count). The van der Waals surface area contributed by atoms with Gasteiger partial charge in [0.15, 0.2) is 10.0 Å². The van der Waals surface area contributed by atoms with E-state index in [2.05, 4.69) is 28.9 Å². The van der Waals surface area contributed by atoms with Crippen LogP contribution in [-0.4, -0.2) is 94.8 Å². The van der Waals surface area contributed by atoms with Gasteiger partial charge in [-0.05, 0) is 46.4 Å². The number of aromatic nitrogens is 1. The first-order chi connectivity index (χ1) is 12.9. The zero-order chi connectivity index (χ0) is 19.4. The standard InChI is InChI=1S/C18H28N4O3S2/c1-20-7-5-13(6-8-20)21(2)11-14-3-4-16(23)22(14)9-10-26-18-19-15(12-27-18)17(24)25/h12-14H,3-11H2,1-2H3,(H,24,25)/t14-/m1/s1. The van der Waals surface area contributed by atoms with Gasteiger partial charge in [0.05, 0.1) is 0 Å². The van der Waals surface area contributed by atoms with Gasteiger partial charge in [0.1, 0.15) is 0 Å². The molecule has 1 amide bonds.